The molecular weight excluding hydrogens is 168 g/mol. The van der Waals surface area contributed by atoms with Crippen molar-refractivity contribution in [1.82, 2.24) is 4.90 Å². The molecular formula is C9H14N2O2. The van der Waals surface area contributed by atoms with E-state index in [2.05, 4.69) is 10.8 Å². The minimum absolute atomic E-state index is 0.0610. The van der Waals surface area contributed by atoms with Gasteiger partial charge in [-0.2, -0.15) is 5.26 Å². The molecule has 1 saturated heterocycles. The van der Waals surface area contributed by atoms with Crippen LogP contribution in [0.15, 0.2) is 0 Å². The van der Waals surface area contributed by atoms with Gasteiger partial charge in [0.25, 0.3) is 0 Å². The van der Waals surface area contributed by atoms with Gasteiger partial charge in [0.2, 0.25) is 0 Å². The maximum Gasteiger partial charge on any atom is 0.323 e. The summed E-state index contributed by atoms with van der Waals surface area (Å²) in [7, 11) is 3.23. The highest BCUT2D eigenvalue weighted by Crippen LogP contribution is 2.28. The van der Waals surface area contributed by atoms with E-state index in [0.29, 0.717) is 6.42 Å². The van der Waals surface area contributed by atoms with Crippen molar-refractivity contribution in [2.45, 2.75) is 25.4 Å². The standard InChI is InChI=1S/C9H14N2O2/c1-6-7(5-10)4-8(11(6)2)9(12)13-3/h6-8H,4H2,1-3H3/t6-,7-,8-/m1/s1. The monoisotopic (exact) mass is 182 g/mol. The fraction of sp³-hybridized carbons (Fsp3) is 0.778. The average molecular weight is 182 g/mol. The van der Waals surface area contributed by atoms with Gasteiger partial charge in [-0.05, 0) is 20.4 Å². The van der Waals surface area contributed by atoms with Crippen molar-refractivity contribution in [1.29, 1.82) is 5.26 Å². The molecule has 72 valence electrons. The van der Waals surface area contributed by atoms with E-state index in [4.69, 9.17) is 5.26 Å². The van der Waals surface area contributed by atoms with Gasteiger partial charge in [0.15, 0.2) is 0 Å². The zero-order valence-electron chi connectivity index (χ0n) is 8.15. The van der Waals surface area contributed by atoms with Crippen LogP contribution in [0.3, 0.4) is 0 Å². The van der Waals surface area contributed by atoms with Gasteiger partial charge >= 0.3 is 5.97 Å². The van der Waals surface area contributed by atoms with Crippen LogP contribution in [0, 0.1) is 17.2 Å². The third-order valence-corrected chi connectivity index (χ3v) is 2.83. The molecule has 0 unspecified atom stereocenters. The van der Waals surface area contributed by atoms with Gasteiger partial charge in [-0.25, -0.2) is 0 Å². The van der Waals surface area contributed by atoms with Crippen LogP contribution < -0.4 is 0 Å². The van der Waals surface area contributed by atoms with Gasteiger partial charge in [-0.1, -0.05) is 0 Å². The number of nitriles is 1. The minimum Gasteiger partial charge on any atom is -0.468 e. The Bertz CT molecular complexity index is 246. The van der Waals surface area contributed by atoms with Crippen molar-refractivity contribution in [3.63, 3.8) is 0 Å². The summed E-state index contributed by atoms with van der Waals surface area (Å²) in [5, 5.41) is 8.80. The smallest absolute Gasteiger partial charge is 0.323 e. The molecule has 0 amide bonds. The molecule has 0 radical (unpaired) electrons. The van der Waals surface area contributed by atoms with Crippen molar-refractivity contribution in [2.24, 2.45) is 5.92 Å². The Kier molecular flexibility index (Phi) is 2.89. The largest absolute Gasteiger partial charge is 0.468 e. The molecule has 0 aromatic heterocycles. The van der Waals surface area contributed by atoms with Crippen LogP contribution in [0.4, 0.5) is 0 Å². The Morgan fingerprint density at radius 2 is 2.31 bits per heavy atom. The van der Waals surface area contributed by atoms with Crippen molar-refractivity contribution in [3.8, 4) is 6.07 Å². The molecule has 4 nitrogen and oxygen atoms in total. The van der Waals surface area contributed by atoms with E-state index in [1.807, 2.05) is 18.9 Å². The second kappa shape index (κ2) is 3.75. The summed E-state index contributed by atoms with van der Waals surface area (Å²) < 4.78 is 4.66. The topological polar surface area (TPSA) is 53.3 Å². The van der Waals surface area contributed by atoms with Crippen molar-refractivity contribution >= 4 is 5.97 Å². The minimum atomic E-state index is -0.246. The maximum absolute atomic E-state index is 11.3. The molecule has 1 aliphatic heterocycles. The molecule has 0 aliphatic carbocycles. The highest BCUT2D eigenvalue weighted by atomic mass is 16.5. The van der Waals surface area contributed by atoms with Gasteiger partial charge in [0.1, 0.15) is 6.04 Å². The number of likely N-dealkylation sites (tertiary alicyclic amines) is 1. The van der Waals surface area contributed by atoms with Gasteiger partial charge in [-0.3, -0.25) is 9.69 Å². The van der Waals surface area contributed by atoms with Gasteiger partial charge < -0.3 is 4.74 Å². The second-order valence-electron chi connectivity index (χ2n) is 3.42. The molecule has 1 heterocycles. The normalized spacial score (nSPS) is 34.2. The Balaban J connectivity index is 2.72. The third-order valence-electron chi connectivity index (χ3n) is 2.83. The Morgan fingerprint density at radius 3 is 2.69 bits per heavy atom. The van der Waals surface area contributed by atoms with E-state index in [1.165, 1.54) is 7.11 Å². The number of methoxy groups -OCH3 is 1. The molecule has 0 saturated carbocycles. The molecule has 0 aromatic rings. The number of hydrogen-bond donors (Lipinski definition) is 0. The van der Waals surface area contributed by atoms with Crippen molar-refractivity contribution in [3.05, 3.63) is 0 Å². The van der Waals surface area contributed by atoms with Gasteiger partial charge in [0.05, 0.1) is 19.1 Å². The highest BCUT2D eigenvalue weighted by molar-refractivity contribution is 5.76. The lowest BCUT2D eigenvalue weighted by Gasteiger charge is -2.20. The summed E-state index contributed by atoms with van der Waals surface area (Å²) in [6.07, 6.45) is 0.584. The first kappa shape index (κ1) is 10.0. The van der Waals surface area contributed by atoms with Crippen LogP contribution in [0.1, 0.15) is 13.3 Å². The van der Waals surface area contributed by atoms with E-state index in [0.717, 1.165) is 0 Å². The van der Waals surface area contributed by atoms with E-state index < -0.39 is 0 Å². The summed E-state index contributed by atoms with van der Waals surface area (Å²) in [6, 6.07) is 2.09. The van der Waals surface area contributed by atoms with Gasteiger partial charge in [0, 0.05) is 6.04 Å². The number of hydrogen-bond acceptors (Lipinski definition) is 4. The van der Waals surface area contributed by atoms with Crippen LogP contribution in [0.25, 0.3) is 0 Å². The molecule has 1 aliphatic rings. The Labute approximate surface area is 78.1 Å². The highest BCUT2D eigenvalue weighted by Gasteiger charge is 2.40. The second-order valence-corrected chi connectivity index (χ2v) is 3.42. The molecule has 0 spiro atoms. The number of rotatable bonds is 1. The third kappa shape index (κ3) is 1.65. The van der Waals surface area contributed by atoms with Crippen LogP contribution >= 0.6 is 0 Å². The Hall–Kier alpha value is -1.08. The first-order chi connectivity index (χ1) is 6.11. The fourth-order valence-electron chi connectivity index (χ4n) is 1.73. The van der Waals surface area contributed by atoms with Crippen LogP contribution in [-0.4, -0.2) is 37.1 Å². The van der Waals surface area contributed by atoms with Crippen molar-refractivity contribution < 1.29 is 9.53 Å². The van der Waals surface area contributed by atoms with Gasteiger partial charge in [-0.15, -0.1) is 0 Å². The van der Waals surface area contributed by atoms with Crippen LogP contribution in [0.2, 0.25) is 0 Å². The summed E-state index contributed by atoms with van der Waals surface area (Å²) in [6.45, 7) is 1.96. The summed E-state index contributed by atoms with van der Waals surface area (Å²) >= 11 is 0. The van der Waals surface area contributed by atoms with E-state index in [9.17, 15) is 4.79 Å². The first-order valence-corrected chi connectivity index (χ1v) is 4.31. The number of likely N-dealkylation sites (N-methyl/N-ethyl adjacent to an activating group) is 1. The van der Waals surface area contributed by atoms with E-state index in [-0.39, 0.29) is 24.0 Å². The molecule has 1 rings (SSSR count). The summed E-state index contributed by atoms with van der Waals surface area (Å²) in [5.41, 5.74) is 0. The first-order valence-electron chi connectivity index (χ1n) is 4.31. The molecule has 3 atom stereocenters. The number of ether oxygens (including phenoxy) is 1. The quantitative estimate of drug-likeness (QED) is 0.550. The maximum atomic E-state index is 11.3. The molecule has 1 fully saturated rings. The molecule has 13 heavy (non-hydrogen) atoms. The lowest BCUT2D eigenvalue weighted by atomic mass is 10.0. The van der Waals surface area contributed by atoms with Crippen molar-refractivity contribution in [2.75, 3.05) is 14.2 Å². The number of nitrogens with zero attached hydrogens (tertiary/aromatic N) is 2. The summed E-state index contributed by atoms with van der Waals surface area (Å²) in [4.78, 5) is 13.2. The fourth-order valence-corrected chi connectivity index (χ4v) is 1.73. The zero-order chi connectivity index (χ0) is 10.0. The number of carbonyl (C=O) groups excluding carboxylic acids is 1. The molecule has 0 aromatic carbocycles. The predicted octanol–water partition coefficient (Wildman–Crippen LogP) is 0.392. The molecule has 0 bridgehead atoms. The zero-order valence-corrected chi connectivity index (χ0v) is 8.15. The number of esters is 1. The van der Waals surface area contributed by atoms with E-state index >= 15 is 0 Å². The lowest BCUT2D eigenvalue weighted by molar-refractivity contribution is -0.145. The van der Waals surface area contributed by atoms with E-state index in [1.54, 1.807) is 0 Å². The Morgan fingerprint density at radius 1 is 1.69 bits per heavy atom. The predicted molar refractivity (Wildman–Crippen MR) is 46.7 cm³/mol. The van der Waals surface area contributed by atoms with Crippen LogP contribution in [-0.2, 0) is 9.53 Å². The average Bonchev–Trinajstić information content (AvgIpc) is 2.43. The molecule has 4 heteroatoms. The number of carbonyl (C=O) groups is 1. The SMILES string of the molecule is COC(=O)[C@H]1C[C@H](C#N)[C@@H](C)N1C. The lowest BCUT2D eigenvalue weighted by Crippen LogP contribution is -2.37. The van der Waals surface area contributed by atoms with Crippen LogP contribution in [0.5, 0.6) is 0 Å². The molecule has 0 N–H and O–H groups in total. The summed E-state index contributed by atoms with van der Waals surface area (Å²) in [5.74, 6) is -0.304.